The van der Waals surface area contributed by atoms with Crippen LogP contribution in [0.3, 0.4) is 0 Å². The number of nitrogens with zero attached hydrogens (tertiary/aromatic N) is 1. The first-order valence-electron chi connectivity index (χ1n) is 6.29. The molecule has 100 valence electrons. The number of hydrogen-bond donors (Lipinski definition) is 1. The molecule has 0 bridgehead atoms. The van der Waals surface area contributed by atoms with E-state index in [4.69, 9.17) is 9.84 Å². The molecule has 0 aromatic rings. The van der Waals surface area contributed by atoms with Gasteiger partial charge in [0.05, 0.1) is 11.5 Å². The van der Waals surface area contributed by atoms with Crippen molar-refractivity contribution in [3.05, 3.63) is 0 Å². The molecule has 1 aliphatic heterocycles. The van der Waals surface area contributed by atoms with Crippen LogP contribution in [0.2, 0.25) is 0 Å². The van der Waals surface area contributed by atoms with E-state index in [9.17, 15) is 4.79 Å². The van der Waals surface area contributed by atoms with Crippen molar-refractivity contribution in [3.63, 3.8) is 0 Å². The van der Waals surface area contributed by atoms with Gasteiger partial charge in [-0.3, -0.25) is 9.69 Å². The summed E-state index contributed by atoms with van der Waals surface area (Å²) in [7, 11) is 1.72. The van der Waals surface area contributed by atoms with E-state index in [1.165, 1.54) is 0 Å². The second-order valence-corrected chi connectivity index (χ2v) is 5.89. The Morgan fingerprint density at radius 2 is 2.12 bits per heavy atom. The minimum atomic E-state index is -0.668. The molecule has 0 amide bonds. The summed E-state index contributed by atoms with van der Waals surface area (Å²) in [5.74, 6) is -0.651. The van der Waals surface area contributed by atoms with Crippen molar-refractivity contribution < 1.29 is 14.6 Å². The molecular weight excluding hydrogens is 218 g/mol. The third-order valence-electron chi connectivity index (χ3n) is 3.92. The van der Waals surface area contributed by atoms with Crippen LogP contribution in [0.5, 0.6) is 0 Å². The van der Waals surface area contributed by atoms with Crippen molar-refractivity contribution in [3.8, 4) is 0 Å². The molecule has 0 spiro atoms. The van der Waals surface area contributed by atoms with E-state index in [1.54, 1.807) is 7.11 Å². The number of ether oxygens (including phenoxy) is 1. The molecule has 1 N–H and O–H groups in total. The molecule has 4 nitrogen and oxygen atoms in total. The smallest absolute Gasteiger partial charge is 0.308 e. The number of carboxylic acids is 1. The van der Waals surface area contributed by atoms with E-state index >= 15 is 0 Å². The molecule has 3 unspecified atom stereocenters. The Morgan fingerprint density at radius 3 is 2.53 bits per heavy atom. The van der Waals surface area contributed by atoms with Gasteiger partial charge in [-0.05, 0) is 33.1 Å². The highest BCUT2D eigenvalue weighted by molar-refractivity contribution is 5.71. The zero-order valence-electron chi connectivity index (χ0n) is 11.6. The van der Waals surface area contributed by atoms with Gasteiger partial charge in [-0.25, -0.2) is 0 Å². The highest BCUT2D eigenvalue weighted by atomic mass is 16.5. The first-order valence-corrected chi connectivity index (χ1v) is 6.29. The summed E-state index contributed by atoms with van der Waals surface area (Å²) in [6, 6.07) is 0.358. The van der Waals surface area contributed by atoms with E-state index in [2.05, 4.69) is 25.7 Å². The summed E-state index contributed by atoms with van der Waals surface area (Å²) < 4.78 is 5.43. The Balaban J connectivity index is 2.56. The number of likely N-dealkylation sites (tertiary alicyclic amines) is 1. The standard InChI is InChI=1S/C13H25NO3/c1-9-7-14(8-11(9)12(15)16)10(2)6-13(3,4)17-5/h9-11H,6-8H2,1-5H3,(H,15,16). The molecule has 0 aromatic heterocycles. The second kappa shape index (κ2) is 5.36. The van der Waals surface area contributed by atoms with Crippen molar-refractivity contribution in [2.45, 2.75) is 45.8 Å². The maximum Gasteiger partial charge on any atom is 0.308 e. The molecule has 1 rings (SSSR count). The van der Waals surface area contributed by atoms with Gasteiger partial charge in [0.2, 0.25) is 0 Å². The Hall–Kier alpha value is -0.610. The average Bonchev–Trinajstić information content (AvgIpc) is 2.60. The lowest BCUT2D eigenvalue weighted by Crippen LogP contribution is -2.38. The topological polar surface area (TPSA) is 49.8 Å². The predicted molar refractivity (Wildman–Crippen MR) is 67.0 cm³/mol. The third-order valence-corrected chi connectivity index (χ3v) is 3.92. The van der Waals surface area contributed by atoms with E-state index in [-0.39, 0.29) is 17.4 Å². The van der Waals surface area contributed by atoms with Crippen molar-refractivity contribution >= 4 is 5.97 Å². The van der Waals surface area contributed by atoms with E-state index < -0.39 is 5.97 Å². The minimum Gasteiger partial charge on any atom is -0.481 e. The molecule has 17 heavy (non-hydrogen) atoms. The summed E-state index contributed by atoms with van der Waals surface area (Å²) in [6.45, 7) is 9.84. The largest absolute Gasteiger partial charge is 0.481 e. The van der Waals surface area contributed by atoms with Gasteiger partial charge >= 0.3 is 5.97 Å². The first-order chi connectivity index (χ1) is 7.76. The maximum absolute atomic E-state index is 11.1. The lowest BCUT2D eigenvalue weighted by Gasteiger charge is -2.32. The Morgan fingerprint density at radius 1 is 1.53 bits per heavy atom. The van der Waals surface area contributed by atoms with Gasteiger partial charge in [-0.15, -0.1) is 0 Å². The van der Waals surface area contributed by atoms with Crippen LogP contribution in [0.15, 0.2) is 0 Å². The Kier molecular flexibility index (Phi) is 4.55. The van der Waals surface area contributed by atoms with Crippen LogP contribution in [-0.2, 0) is 9.53 Å². The van der Waals surface area contributed by atoms with Crippen molar-refractivity contribution in [1.82, 2.24) is 4.90 Å². The van der Waals surface area contributed by atoms with Crippen LogP contribution in [0.25, 0.3) is 0 Å². The molecule has 1 fully saturated rings. The SMILES string of the molecule is COC(C)(C)CC(C)N1CC(C)C(C(=O)O)C1. The monoisotopic (exact) mass is 243 g/mol. The number of carboxylic acid groups (broad SMARTS) is 1. The lowest BCUT2D eigenvalue weighted by atomic mass is 9.99. The van der Waals surface area contributed by atoms with Gasteiger partial charge in [-0.1, -0.05) is 6.92 Å². The van der Waals surface area contributed by atoms with Gasteiger partial charge in [0.1, 0.15) is 0 Å². The van der Waals surface area contributed by atoms with Crippen molar-refractivity contribution in [2.24, 2.45) is 11.8 Å². The summed E-state index contributed by atoms with van der Waals surface area (Å²) in [5, 5.41) is 9.11. The summed E-state index contributed by atoms with van der Waals surface area (Å²) in [4.78, 5) is 13.3. The minimum absolute atomic E-state index is 0.149. The van der Waals surface area contributed by atoms with Crippen LogP contribution in [0, 0.1) is 11.8 Å². The fraction of sp³-hybridized carbons (Fsp3) is 0.923. The molecule has 3 atom stereocenters. The molecule has 0 radical (unpaired) electrons. The van der Waals surface area contributed by atoms with Crippen LogP contribution >= 0.6 is 0 Å². The quantitative estimate of drug-likeness (QED) is 0.800. The summed E-state index contributed by atoms with van der Waals surface area (Å²) in [6.07, 6.45) is 0.919. The van der Waals surface area contributed by atoms with E-state index in [1.807, 2.05) is 6.92 Å². The zero-order chi connectivity index (χ0) is 13.2. The molecule has 1 heterocycles. The molecule has 1 saturated heterocycles. The molecule has 0 aromatic carbocycles. The van der Waals surface area contributed by atoms with Gasteiger partial charge in [0, 0.05) is 26.2 Å². The van der Waals surface area contributed by atoms with Gasteiger partial charge in [0.25, 0.3) is 0 Å². The molecule has 0 aliphatic carbocycles. The Labute approximate surface area is 104 Å². The van der Waals surface area contributed by atoms with Crippen molar-refractivity contribution in [1.29, 1.82) is 0 Å². The highest BCUT2D eigenvalue weighted by Gasteiger charge is 2.37. The Bertz CT molecular complexity index is 278. The molecular formula is C13H25NO3. The number of carbonyl (C=O) groups is 1. The fourth-order valence-electron chi connectivity index (χ4n) is 2.61. The van der Waals surface area contributed by atoms with Crippen LogP contribution in [0.4, 0.5) is 0 Å². The summed E-state index contributed by atoms with van der Waals surface area (Å²) in [5.41, 5.74) is -0.149. The lowest BCUT2D eigenvalue weighted by molar-refractivity contribution is -0.142. The van der Waals surface area contributed by atoms with Crippen LogP contribution < -0.4 is 0 Å². The predicted octanol–water partition coefficient (Wildman–Crippen LogP) is 1.84. The van der Waals surface area contributed by atoms with Gasteiger partial charge in [0.15, 0.2) is 0 Å². The van der Waals surface area contributed by atoms with E-state index in [0.717, 1.165) is 13.0 Å². The third kappa shape index (κ3) is 3.68. The number of aliphatic carboxylic acids is 1. The highest BCUT2D eigenvalue weighted by Crippen LogP contribution is 2.28. The fourth-order valence-corrected chi connectivity index (χ4v) is 2.61. The molecule has 1 aliphatic rings. The van der Waals surface area contributed by atoms with Crippen molar-refractivity contribution in [2.75, 3.05) is 20.2 Å². The second-order valence-electron chi connectivity index (χ2n) is 5.89. The van der Waals surface area contributed by atoms with Gasteiger partial charge in [-0.2, -0.15) is 0 Å². The van der Waals surface area contributed by atoms with E-state index in [0.29, 0.717) is 12.6 Å². The summed E-state index contributed by atoms with van der Waals surface area (Å²) >= 11 is 0. The zero-order valence-corrected chi connectivity index (χ0v) is 11.6. The number of hydrogen-bond acceptors (Lipinski definition) is 3. The number of rotatable bonds is 5. The van der Waals surface area contributed by atoms with Crippen LogP contribution in [0.1, 0.15) is 34.1 Å². The van der Waals surface area contributed by atoms with Crippen LogP contribution in [-0.4, -0.2) is 47.8 Å². The van der Waals surface area contributed by atoms with Gasteiger partial charge < -0.3 is 9.84 Å². The number of methoxy groups -OCH3 is 1. The first kappa shape index (κ1) is 14.5. The molecule has 4 heteroatoms. The average molecular weight is 243 g/mol. The maximum atomic E-state index is 11.1. The normalized spacial score (nSPS) is 28.3. The molecule has 0 saturated carbocycles.